The summed E-state index contributed by atoms with van der Waals surface area (Å²) in [5, 5.41) is 11.0. The predicted molar refractivity (Wildman–Crippen MR) is 108 cm³/mol. The summed E-state index contributed by atoms with van der Waals surface area (Å²) in [5.41, 5.74) is 3.24. The van der Waals surface area contributed by atoms with Crippen LogP contribution < -0.4 is 10.2 Å². The van der Waals surface area contributed by atoms with Crippen LogP contribution in [0.5, 0.6) is 0 Å². The molecule has 1 saturated heterocycles. The number of hydrogen-bond acceptors (Lipinski definition) is 5. The van der Waals surface area contributed by atoms with E-state index in [1.54, 1.807) is 0 Å². The molecule has 28 heavy (non-hydrogen) atoms. The molecule has 6 nitrogen and oxygen atoms in total. The molecule has 4 rings (SSSR count). The molecule has 6 heteroatoms. The summed E-state index contributed by atoms with van der Waals surface area (Å²) >= 11 is 0. The van der Waals surface area contributed by atoms with Crippen molar-refractivity contribution in [1.29, 1.82) is 0 Å². The molecule has 2 aromatic carbocycles. The number of aryl methyl sites for hydroxylation is 1. The van der Waals surface area contributed by atoms with Crippen molar-refractivity contribution in [3.63, 3.8) is 0 Å². The Balaban J connectivity index is 1.23. The van der Waals surface area contributed by atoms with Gasteiger partial charge in [0.05, 0.1) is 0 Å². The first-order valence-corrected chi connectivity index (χ1v) is 9.76. The summed E-state index contributed by atoms with van der Waals surface area (Å²) in [7, 11) is 0. The van der Waals surface area contributed by atoms with E-state index in [0.717, 1.165) is 24.2 Å². The van der Waals surface area contributed by atoms with Gasteiger partial charge in [-0.25, -0.2) is 0 Å². The Kier molecular flexibility index (Phi) is 5.66. The normalized spacial score (nSPS) is 13.6. The van der Waals surface area contributed by atoms with Crippen molar-refractivity contribution in [3.05, 3.63) is 66.1 Å². The van der Waals surface area contributed by atoms with E-state index in [2.05, 4.69) is 44.7 Å². The van der Waals surface area contributed by atoms with E-state index in [1.807, 2.05) is 30.3 Å². The van der Waals surface area contributed by atoms with Gasteiger partial charge in [0.1, 0.15) is 0 Å². The minimum atomic E-state index is -0.0249. The molecule has 0 aliphatic carbocycles. The Morgan fingerprint density at radius 1 is 1.00 bits per heavy atom. The second-order valence-electron chi connectivity index (χ2n) is 7.00. The number of amides is 1. The average Bonchev–Trinajstić information content (AvgIpc) is 3.44. The summed E-state index contributed by atoms with van der Waals surface area (Å²) in [6.07, 6.45) is 3.29. The van der Waals surface area contributed by atoms with Crippen LogP contribution in [0, 0.1) is 0 Å². The first-order valence-electron chi connectivity index (χ1n) is 9.76. The van der Waals surface area contributed by atoms with E-state index in [1.165, 1.54) is 18.5 Å². The molecule has 1 amide bonds. The van der Waals surface area contributed by atoms with Crippen molar-refractivity contribution >= 4 is 11.6 Å². The number of anilines is 1. The maximum absolute atomic E-state index is 12.1. The third kappa shape index (κ3) is 4.57. The zero-order valence-corrected chi connectivity index (χ0v) is 15.8. The number of hydrogen-bond donors (Lipinski definition) is 1. The molecule has 1 N–H and O–H groups in total. The number of carbonyl (C=O) groups is 1. The van der Waals surface area contributed by atoms with Crippen LogP contribution in [0.3, 0.4) is 0 Å². The first-order chi connectivity index (χ1) is 13.8. The zero-order valence-electron chi connectivity index (χ0n) is 15.8. The van der Waals surface area contributed by atoms with Gasteiger partial charge >= 0.3 is 0 Å². The summed E-state index contributed by atoms with van der Waals surface area (Å²) in [6, 6.07) is 18.0. The highest BCUT2D eigenvalue weighted by Crippen LogP contribution is 2.20. The van der Waals surface area contributed by atoms with Gasteiger partial charge < -0.3 is 14.6 Å². The molecule has 1 aromatic heterocycles. The van der Waals surface area contributed by atoms with Gasteiger partial charge in [0, 0.05) is 43.7 Å². The minimum absolute atomic E-state index is 0.0249. The lowest BCUT2D eigenvalue weighted by molar-refractivity contribution is -0.121. The van der Waals surface area contributed by atoms with Crippen LogP contribution in [0.4, 0.5) is 5.69 Å². The summed E-state index contributed by atoms with van der Waals surface area (Å²) < 4.78 is 5.64. The Morgan fingerprint density at radius 3 is 2.50 bits per heavy atom. The average molecular weight is 376 g/mol. The van der Waals surface area contributed by atoms with Gasteiger partial charge in [-0.2, -0.15) is 0 Å². The number of benzene rings is 2. The van der Waals surface area contributed by atoms with Crippen molar-refractivity contribution in [2.75, 3.05) is 18.0 Å². The highest BCUT2D eigenvalue weighted by molar-refractivity contribution is 5.76. The lowest BCUT2D eigenvalue weighted by atomic mass is 10.2. The maximum atomic E-state index is 12.1. The van der Waals surface area contributed by atoms with Gasteiger partial charge in [-0.3, -0.25) is 4.79 Å². The molecule has 1 aliphatic heterocycles. The van der Waals surface area contributed by atoms with Crippen LogP contribution in [0.15, 0.2) is 59.0 Å². The van der Waals surface area contributed by atoms with E-state index < -0.39 is 0 Å². The fourth-order valence-electron chi connectivity index (χ4n) is 3.36. The van der Waals surface area contributed by atoms with Crippen molar-refractivity contribution in [1.82, 2.24) is 15.5 Å². The molecule has 1 aliphatic rings. The van der Waals surface area contributed by atoms with Gasteiger partial charge in [0.15, 0.2) is 0 Å². The SMILES string of the molecule is O=C(CCc1nnc(-c2ccccc2)o1)NCc1ccc(N2CCCC2)cc1. The number of aromatic nitrogens is 2. The van der Waals surface area contributed by atoms with Gasteiger partial charge in [-0.1, -0.05) is 30.3 Å². The second kappa shape index (κ2) is 8.69. The van der Waals surface area contributed by atoms with Crippen LogP contribution in [-0.4, -0.2) is 29.2 Å². The predicted octanol–water partition coefficient (Wildman–Crippen LogP) is 3.59. The van der Waals surface area contributed by atoms with Crippen molar-refractivity contribution in [2.45, 2.75) is 32.2 Å². The van der Waals surface area contributed by atoms with E-state index >= 15 is 0 Å². The number of rotatable bonds is 7. The molecule has 0 spiro atoms. The quantitative estimate of drug-likeness (QED) is 0.682. The first kappa shape index (κ1) is 18.2. The van der Waals surface area contributed by atoms with Crippen molar-refractivity contribution in [2.24, 2.45) is 0 Å². The monoisotopic (exact) mass is 376 g/mol. The summed E-state index contributed by atoms with van der Waals surface area (Å²) in [4.78, 5) is 14.5. The lowest BCUT2D eigenvalue weighted by Crippen LogP contribution is -2.23. The number of nitrogens with zero attached hydrogens (tertiary/aromatic N) is 3. The summed E-state index contributed by atoms with van der Waals surface area (Å²) in [6.45, 7) is 2.80. The Labute approximate surface area is 164 Å². The molecule has 2 heterocycles. The van der Waals surface area contributed by atoms with Gasteiger partial charge in [-0.05, 0) is 42.7 Å². The van der Waals surface area contributed by atoms with Crippen LogP contribution in [0.1, 0.15) is 30.7 Å². The topological polar surface area (TPSA) is 71.3 Å². The van der Waals surface area contributed by atoms with Crippen LogP contribution in [-0.2, 0) is 17.8 Å². The van der Waals surface area contributed by atoms with E-state index in [-0.39, 0.29) is 5.91 Å². The van der Waals surface area contributed by atoms with E-state index in [0.29, 0.717) is 31.2 Å². The molecule has 1 fully saturated rings. The van der Waals surface area contributed by atoms with Crippen molar-refractivity contribution < 1.29 is 9.21 Å². The highest BCUT2D eigenvalue weighted by atomic mass is 16.4. The van der Waals surface area contributed by atoms with Gasteiger partial charge in [0.2, 0.25) is 17.7 Å². The molecule has 0 saturated carbocycles. The Bertz CT molecular complexity index is 900. The molecule has 3 aromatic rings. The van der Waals surface area contributed by atoms with Crippen molar-refractivity contribution in [3.8, 4) is 11.5 Å². The molecule has 144 valence electrons. The maximum Gasteiger partial charge on any atom is 0.247 e. The standard InChI is InChI=1S/C22H24N4O2/c27-20(12-13-21-24-25-22(28-21)18-6-2-1-3-7-18)23-16-17-8-10-19(11-9-17)26-14-4-5-15-26/h1-3,6-11H,4-5,12-16H2,(H,23,27). The lowest BCUT2D eigenvalue weighted by Gasteiger charge is -2.17. The van der Waals surface area contributed by atoms with E-state index in [4.69, 9.17) is 4.42 Å². The molecular formula is C22H24N4O2. The fraction of sp³-hybridized carbons (Fsp3) is 0.318. The van der Waals surface area contributed by atoms with Gasteiger partial charge in [-0.15, -0.1) is 10.2 Å². The van der Waals surface area contributed by atoms with Gasteiger partial charge in [0.25, 0.3) is 0 Å². The third-order valence-corrected chi connectivity index (χ3v) is 4.95. The third-order valence-electron chi connectivity index (χ3n) is 4.95. The van der Waals surface area contributed by atoms with E-state index in [9.17, 15) is 4.79 Å². The van der Waals surface area contributed by atoms with Crippen LogP contribution >= 0.6 is 0 Å². The Morgan fingerprint density at radius 2 is 1.75 bits per heavy atom. The van der Waals surface area contributed by atoms with Crippen LogP contribution in [0.2, 0.25) is 0 Å². The highest BCUT2D eigenvalue weighted by Gasteiger charge is 2.12. The minimum Gasteiger partial charge on any atom is -0.421 e. The Hall–Kier alpha value is -3.15. The smallest absolute Gasteiger partial charge is 0.247 e. The number of carbonyl (C=O) groups excluding carboxylic acids is 1. The largest absolute Gasteiger partial charge is 0.421 e. The molecule has 0 radical (unpaired) electrons. The van der Waals surface area contributed by atoms with Crippen LogP contribution in [0.25, 0.3) is 11.5 Å². The molecule has 0 unspecified atom stereocenters. The second-order valence-corrected chi connectivity index (χ2v) is 7.00. The molecule has 0 bridgehead atoms. The zero-order chi connectivity index (χ0) is 19.2. The fourth-order valence-corrected chi connectivity index (χ4v) is 3.36. The number of nitrogens with one attached hydrogen (secondary N) is 1. The molecular weight excluding hydrogens is 352 g/mol. The molecule has 0 atom stereocenters. The summed E-state index contributed by atoms with van der Waals surface area (Å²) in [5.74, 6) is 0.932.